The molecule has 0 saturated carbocycles. The van der Waals surface area contributed by atoms with Crippen molar-refractivity contribution in [2.75, 3.05) is 13.1 Å². The minimum absolute atomic E-state index is 0.0123. The minimum atomic E-state index is -1.07. The fraction of sp³-hybridized carbons (Fsp3) is 0.278. The zero-order valence-corrected chi connectivity index (χ0v) is 13.8. The smallest absolute Gasteiger partial charge is 0.191 e. The van der Waals surface area contributed by atoms with E-state index in [9.17, 15) is 18.3 Å². The summed E-state index contributed by atoms with van der Waals surface area (Å²) in [6, 6.07) is 9.10. The van der Waals surface area contributed by atoms with Gasteiger partial charge in [-0.25, -0.2) is 18.2 Å². The van der Waals surface area contributed by atoms with Gasteiger partial charge in [0.05, 0.1) is 12.6 Å². The summed E-state index contributed by atoms with van der Waals surface area (Å²) in [6.45, 7) is 2.31. The van der Waals surface area contributed by atoms with Crippen LogP contribution in [0.2, 0.25) is 0 Å². The van der Waals surface area contributed by atoms with Crippen LogP contribution in [0, 0.1) is 17.5 Å². The summed E-state index contributed by atoms with van der Waals surface area (Å²) >= 11 is 0. The summed E-state index contributed by atoms with van der Waals surface area (Å²) < 4.78 is 40.5. The van der Waals surface area contributed by atoms with Crippen LogP contribution in [0.1, 0.15) is 24.2 Å². The Balaban J connectivity index is 2.02. The lowest BCUT2D eigenvalue weighted by molar-refractivity contribution is 0.176. The molecular formula is C18H20F3N3O. The highest BCUT2D eigenvalue weighted by molar-refractivity contribution is 5.79. The molecule has 7 heteroatoms. The molecule has 0 fully saturated rings. The van der Waals surface area contributed by atoms with Crippen molar-refractivity contribution in [2.45, 2.75) is 19.6 Å². The first-order valence-corrected chi connectivity index (χ1v) is 7.90. The van der Waals surface area contributed by atoms with Gasteiger partial charge in [0.2, 0.25) is 0 Å². The Labute approximate surface area is 144 Å². The van der Waals surface area contributed by atoms with Gasteiger partial charge >= 0.3 is 0 Å². The molecule has 2 rings (SSSR count). The van der Waals surface area contributed by atoms with Gasteiger partial charge in [-0.1, -0.05) is 18.2 Å². The molecule has 0 radical (unpaired) electrons. The van der Waals surface area contributed by atoms with E-state index in [1.54, 1.807) is 6.07 Å². The van der Waals surface area contributed by atoms with Gasteiger partial charge in [0.1, 0.15) is 17.5 Å². The molecule has 0 aliphatic heterocycles. The fourth-order valence-corrected chi connectivity index (χ4v) is 2.22. The number of aliphatic hydroxyl groups excluding tert-OH is 1. The highest BCUT2D eigenvalue weighted by Crippen LogP contribution is 2.15. The van der Waals surface area contributed by atoms with Crippen LogP contribution in [-0.2, 0) is 6.54 Å². The third kappa shape index (κ3) is 5.49. The van der Waals surface area contributed by atoms with Crippen LogP contribution in [0.25, 0.3) is 0 Å². The summed E-state index contributed by atoms with van der Waals surface area (Å²) in [5.41, 5.74) is 0.286. The Morgan fingerprint density at radius 3 is 2.56 bits per heavy atom. The van der Waals surface area contributed by atoms with Gasteiger partial charge < -0.3 is 15.7 Å². The van der Waals surface area contributed by atoms with Gasteiger partial charge in [-0.2, -0.15) is 0 Å². The molecule has 3 N–H and O–H groups in total. The molecule has 134 valence electrons. The zero-order valence-electron chi connectivity index (χ0n) is 13.8. The molecule has 1 unspecified atom stereocenters. The minimum Gasteiger partial charge on any atom is -0.386 e. The maximum absolute atomic E-state index is 13.7. The second kappa shape index (κ2) is 9.08. The molecule has 4 nitrogen and oxygen atoms in total. The molecule has 1 atom stereocenters. The number of hydrogen-bond donors (Lipinski definition) is 3. The first kappa shape index (κ1) is 18.8. The van der Waals surface area contributed by atoms with E-state index in [-0.39, 0.29) is 24.2 Å². The van der Waals surface area contributed by atoms with Crippen LogP contribution < -0.4 is 10.6 Å². The Bertz CT molecular complexity index is 737. The number of benzene rings is 2. The van der Waals surface area contributed by atoms with E-state index >= 15 is 0 Å². The summed E-state index contributed by atoms with van der Waals surface area (Å²) in [5, 5.41) is 15.9. The van der Waals surface area contributed by atoms with Crippen molar-refractivity contribution in [1.29, 1.82) is 0 Å². The van der Waals surface area contributed by atoms with Gasteiger partial charge in [0.25, 0.3) is 0 Å². The monoisotopic (exact) mass is 351 g/mol. The van der Waals surface area contributed by atoms with Crippen LogP contribution in [0.15, 0.2) is 47.5 Å². The van der Waals surface area contributed by atoms with Gasteiger partial charge in [-0.05, 0) is 31.2 Å². The van der Waals surface area contributed by atoms with Crippen LogP contribution in [0.3, 0.4) is 0 Å². The van der Waals surface area contributed by atoms with Crippen molar-refractivity contribution in [2.24, 2.45) is 4.99 Å². The van der Waals surface area contributed by atoms with Gasteiger partial charge in [-0.3, -0.25) is 0 Å². The molecular weight excluding hydrogens is 331 g/mol. The van der Waals surface area contributed by atoms with Gasteiger partial charge in [0.15, 0.2) is 5.96 Å². The Hall–Kier alpha value is -2.54. The third-order valence-electron chi connectivity index (χ3n) is 3.49. The number of aliphatic hydroxyl groups is 1. The summed E-state index contributed by atoms with van der Waals surface area (Å²) in [6.07, 6.45) is -1.07. The number of nitrogens with one attached hydrogen (secondary N) is 2. The summed E-state index contributed by atoms with van der Waals surface area (Å²) in [4.78, 5) is 4.16. The third-order valence-corrected chi connectivity index (χ3v) is 3.49. The maximum Gasteiger partial charge on any atom is 0.191 e. The number of hydrogen-bond acceptors (Lipinski definition) is 2. The number of rotatable bonds is 6. The Kier molecular flexibility index (Phi) is 6.82. The number of halogens is 3. The van der Waals surface area contributed by atoms with E-state index in [2.05, 4.69) is 15.6 Å². The van der Waals surface area contributed by atoms with E-state index < -0.39 is 23.6 Å². The standard InChI is InChI=1S/C18H20F3N3O/c1-2-22-18(23-10-12-9-13(19)7-8-15(12)20)24-11-17(25)14-5-3-4-6-16(14)21/h3-9,17,25H,2,10-11H2,1H3,(H2,22,23,24). The summed E-state index contributed by atoms with van der Waals surface area (Å²) in [5.74, 6) is -1.28. The van der Waals surface area contributed by atoms with E-state index in [1.807, 2.05) is 6.92 Å². The lowest BCUT2D eigenvalue weighted by atomic mass is 10.1. The molecule has 2 aromatic carbocycles. The van der Waals surface area contributed by atoms with Crippen molar-refractivity contribution in [3.8, 4) is 0 Å². The van der Waals surface area contributed by atoms with Crippen LogP contribution in [-0.4, -0.2) is 24.2 Å². The van der Waals surface area contributed by atoms with Crippen LogP contribution in [0.5, 0.6) is 0 Å². The highest BCUT2D eigenvalue weighted by atomic mass is 19.1. The van der Waals surface area contributed by atoms with Crippen molar-refractivity contribution in [3.63, 3.8) is 0 Å². The number of guanidine groups is 1. The molecule has 0 bridgehead atoms. The van der Waals surface area contributed by atoms with Crippen LogP contribution >= 0.6 is 0 Å². The highest BCUT2D eigenvalue weighted by Gasteiger charge is 2.12. The first-order valence-electron chi connectivity index (χ1n) is 7.90. The molecule has 0 amide bonds. The maximum atomic E-state index is 13.7. The SMILES string of the molecule is CCNC(=NCc1cc(F)ccc1F)NCC(O)c1ccccc1F. The zero-order chi connectivity index (χ0) is 18.2. The lowest BCUT2D eigenvalue weighted by Gasteiger charge is -2.16. The summed E-state index contributed by atoms with van der Waals surface area (Å²) in [7, 11) is 0. The molecule has 0 aromatic heterocycles. The van der Waals surface area contributed by atoms with Crippen molar-refractivity contribution >= 4 is 5.96 Å². The molecule has 2 aromatic rings. The van der Waals surface area contributed by atoms with E-state index in [0.717, 1.165) is 18.2 Å². The van der Waals surface area contributed by atoms with Crippen molar-refractivity contribution < 1.29 is 18.3 Å². The average Bonchev–Trinajstić information content (AvgIpc) is 2.60. The second-order valence-electron chi connectivity index (χ2n) is 5.35. The van der Waals surface area contributed by atoms with Gasteiger partial charge in [-0.15, -0.1) is 0 Å². The predicted molar refractivity (Wildman–Crippen MR) is 90.5 cm³/mol. The van der Waals surface area contributed by atoms with Crippen molar-refractivity contribution in [1.82, 2.24) is 10.6 Å². The topological polar surface area (TPSA) is 56.7 Å². The average molecular weight is 351 g/mol. The molecule has 0 aliphatic rings. The molecule has 0 aliphatic carbocycles. The molecule has 0 spiro atoms. The second-order valence-corrected chi connectivity index (χ2v) is 5.35. The first-order chi connectivity index (χ1) is 12.0. The molecule has 0 saturated heterocycles. The number of aliphatic imine (C=N–C) groups is 1. The van der Waals surface area contributed by atoms with E-state index in [4.69, 9.17) is 0 Å². The quantitative estimate of drug-likeness (QED) is 0.554. The van der Waals surface area contributed by atoms with Gasteiger partial charge in [0, 0.05) is 24.2 Å². The predicted octanol–water partition coefficient (Wildman–Crippen LogP) is 2.89. The largest absolute Gasteiger partial charge is 0.386 e. The van der Waals surface area contributed by atoms with E-state index in [1.165, 1.54) is 18.2 Å². The molecule has 0 heterocycles. The molecule has 25 heavy (non-hydrogen) atoms. The Morgan fingerprint density at radius 2 is 1.84 bits per heavy atom. The van der Waals surface area contributed by atoms with Crippen molar-refractivity contribution in [3.05, 3.63) is 71.0 Å². The number of nitrogens with zero attached hydrogens (tertiary/aromatic N) is 1. The fourth-order valence-electron chi connectivity index (χ4n) is 2.22. The van der Waals surface area contributed by atoms with Crippen LogP contribution in [0.4, 0.5) is 13.2 Å². The normalized spacial score (nSPS) is 12.8. The lowest BCUT2D eigenvalue weighted by Crippen LogP contribution is -2.39. The van der Waals surface area contributed by atoms with E-state index in [0.29, 0.717) is 12.5 Å². The Morgan fingerprint density at radius 1 is 1.08 bits per heavy atom.